The van der Waals surface area contributed by atoms with Gasteiger partial charge in [0, 0.05) is 41.4 Å². The van der Waals surface area contributed by atoms with Crippen molar-refractivity contribution in [2.45, 2.75) is 44.1 Å². The third kappa shape index (κ3) is 5.15. The minimum absolute atomic E-state index is 0.0390. The topological polar surface area (TPSA) is 91.5 Å². The summed E-state index contributed by atoms with van der Waals surface area (Å²) in [6, 6.07) is 21.6. The fraction of sp³-hybridized carbons (Fsp3) is 0.333. The highest BCUT2D eigenvalue weighted by molar-refractivity contribution is 7.83. The molecule has 1 aliphatic heterocycles. The normalized spacial score (nSPS) is 17.8. The van der Waals surface area contributed by atoms with Crippen molar-refractivity contribution in [2.24, 2.45) is 0 Å². The molecule has 35 heavy (non-hydrogen) atoms. The zero-order chi connectivity index (χ0) is 24.4. The first-order valence-corrected chi connectivity index (χ1v) is 13.2. The Kier molecular flexibility index (Phi) is 6.95. The number of hydrogen-bond donors (Lipinski definition) is 2. The van der Waals surface area contributed by atoms with Gasteiger partial charge in [0.2, 0.25) is 0 Å². The third-order valence-corrected chi connectivity index (χ3v) is 7.72. The van der Waals surface area contributed by atoms with Gasteiger partial charge in [0.1, 0.15) is 11.5 Å². The minimum Gasteiger partial charge on any atom is -0.391 e. The quantitative estimate of drug-likeness (QED) is 0.380. The molecule has 4 aromatic rings. The molecule has 1 aliphatic rings. The van der Waals surface area contributed by atoms with E-state index in [1.165, 1.54) is 0 Å². The molecule has 182 valence electrons. The average molecular weight is 491 g/mol. The van der Waals surface area contributed by atoms with E-state index in [0.717, 1.165) is 52.3 Å². The smallest absolute Gasteiger partial charge is 0.167 e. The lowest BCUT2D eigenvalue weighted by molar-refractivity contribution is 0.198. The van der Waals surface area contributed by atoms with Gasteiger partial charge >= 0.3 is 0 Å². The average Bonchev–Trinajstić information content (AvgIpc) is 3.50. The predicted octanol–water partition coefficient (Wildman–Crippen LogP) is 4.41. The van der Waals surface area contributed by atoms with E-state index in [2.05, 4.69) is 20.8 Å². The number of anilines is 1. The lowest BCUT2D eigenvalue weighted by atomic mass is 9.94. The molecule has 8 heteroatoms. The molecule has 0 amide bonds. The first kappa shape index (κ1) is 23.7. The van der Waals surface area contributed by atoms with Gasteiger partial charge in [-0.3, -0.25) is 0 Å². The van der Waals surface area contributed by atoms with E-state index in [1.54, 1.807) is 0 Å². The van der Waals surface area contributed by atoms with Crippen LogP contribution in [0.4, 0.5) is 5.82 Å². The largest absolute Gasteiger partial charge is 0.391 e. The summed E-state index contributed by atoms with van der Waals surface area (Å²) in [6.07, 6.45) is 0.991. The number of para-hydroxylation sites is 1. The highest BCUT2D eigenvalue weighted by Crippen LogP contribution is 2.34. The number of nitrogens with zero attached hydrogens (tertiary/aromatic N) is 3. The van der Waals surface area contributed by atoms with Crippen LogP contribution >= 0.6 is 0 Å². The van der Waals surface area contributed by atoms with E-state index < -0.39 is 11.0 Å². The van der Waals surface area contributed by atoms with Gasteiger partial charge in [-0.25, -0.2) is 13.9 Å². The summed E-state index contributed by atoms with van der Waals surface area (Å²) in [4.78, 5) is 7.00. The summed E-state index contributed by atoms with van der Waals surface area (Å²) in [7, 11) is -1.24. The Labute approximate surface area is 207 Å². The third-order valence-electron chi connectivity index (χ3n) is 6.35. The van der Waals surface area contributed by atoms with Crippen molar-refractivity contribution in [1.29, 1.82) is 0 Å². The molecule has 0 saturated carbocycles. The van der Waals surface area contributed by atoms with Gasteiger partial charge in [-0.05, 0) is 50.1 Å². The molecule has 2 N–H and O–H groups in total. The van der Waals surface area contributed by atoms with Crippen molar-refractivity contribution < 1.29 is 13.8 Å². The van der Waals surface area contributed by atoms with Crippen molar-refractivity contribution >= 4 is 27.8 Å². The van der Waals surface area contributed by atoms with Crippen LogP contribution in [-0.2, 0) is 17.4 Å². The van der Waals surface area contributed by atoms with Crippen LogP contribution in [0.25, 0.3) is 22.2 Å². The fourth-order valence-electron chi connectivity index (χ4n) is 4.50. The molecule has 0 spiro atoms. The standard InChI is InChI=1S/C27H30N4O3S/c1-18(2)35(33)30-24(16-19-8-7-13-26(28-19)31-15-14-20(32)17-31)21-9-3-4-10-22(21)27-23-11-5-6-12-25(23)34-29-27/h3-13,18,20,24,30,32H,14-17H2,1-2H3/t20-,24-,35-/m0/s1. The second-order valence-electron chi connectivity index (χ2n) is 9.21. The Hall–Kier alpha value is -3.07. The summed E-state index contributed by atoms with van der Waals surface area (Å²) in [5, 5.41) is 15.2. The lowest BCUT2D eigenvalue weighted by Crippen LogP contribution is -2.30. The Balaban J connectivity index is 1.52. The molecule has 5 rings (SSSR count). The molecule has 0 unspecified atom stereocenters. The predicted molar refractivity (Wildman–Crippen MR) is 139 cm³/mol. The number of pyridine rings is 1. The van der Waals surface area contributed by atoms with Crippen LogP contribution in [0.1, 0.15) is 37.6 Å². The van der Waals surface area contributed by atoms with Gasteiger partial charge < -0.3 is 14.5 Å². The van der Waals surface area contributed by atoms with Crippen LogP contribution in [0.15, 0.2) is 71.3 Å². The van der Waals surface area contributed by atoms with Crippen LogP contribution in [0.2, 0.25) is 0 Å². The highest BCUT2D eigenvalue weighted by Gasteiger charge is 2.25. The summed E-state index contributed by atoms with van der Waals surface area (Å²) in [5.41, 5.74) is 4.32. The monoisotopic (exact) mass is 490 g/mol. The number of aromatic nitrogens is 2. The van der Waals surface area contributed by atoms with E-state index in [4.69, 9.17) is 9.51 Å². The van der Waals surface area contributed by atoms with Crippen molar-refractivity contribution in [3.05, 3.63) is 78.0 Å². The van der Waals surface area contributed by atoms with E-state index >= 15 is 0 Å². The van der Waals surface area contributed by atoms with Gasteiger partial charge in [0.25, 0.3) is 0 Å². The van der Waals surface area contributed by atoms with E-state index in [0.29, 0.717) is 13.0 Å². The molecular weight excluding hydrogens is 460 g/mol. The number of nitrogens with one attached hydrogen (secondary N) is 1. The van der Waals surface area contributed by atoms with Crippen LogP contribution in [0.5, 0.6) is 0 Å². The first-order valence-electron chi connectivity index (χ1n) is 12.0. The number of aliphatic hydroxyl groups is 1. The van der Waals surface area contributed by atoms with E-state index in [9.17, 15) is 9.32 Å². The zero-order valence-electron chi connectivity index (χ0n) is 19.9. The fourth-order valence-corrected chi connectivity index (χ4v) is 5.27. The van der Waals surface area contributed by atoms with Crippen molar-refractivity contribution in [3.8, 4) is 11.3 Å². The Morgan fingerprint density at radius 3 is 2.71 bits per heavy atom. The Bertz CT molecular complexity index is 1340. The molecule has 1 saturated heterocycles. The van der Waals surface area contributed by atoms with Gasteiger partial charge in [-0.1, -0.05) is 47.6 Å². The molecule has 3 heterocycles. The van der Waals surface area contributed by atoms with Gasteiger partial charge in [0.15, 0.2) is 5.58 Å². The maximum Gasteiger partial charge on any atom is 0.167 e. The van der Waals surface area contributed by atoms with Crippen LogP contribution in [0.3, 0.4) is 0 Å². The lowest BCUT2D eigenvalue weighted by Gasteiger charge is -2.23. The minimum atomic E-state index is -1.24. The molecule has 3 atom stereocenters. The highest BCUT2D eigenvalue weighted by atomic mass is 32.2. The van der Waals surface area contributed by atoms with Crippen LogP contribution < -0.4 is 9.62 Å². The van der Waals surface area contributed by atoms with Crippen LogP contribution in [-0.4, -0.2) is 43.9 Å². The second kappa shape index (κ2) is 10.3. The van der Waals surface area contributed by atoms with Gasteiger partial charge in [0.05, 0.1) is 23.1 Å². The summed E-state index contributed by atoms with van der Waals surface area (Å²) < 4.78 is 21.9. The summed E-state index contributed by atoms with van der Waals surface area (Å²) in [6.45, 7) is 5.26. The second-order valence-corrected chi connectivity index (χ2v) is 11.0. The zero-order valence-corrected chi connectivity index (χ0v) is 20.7. The molecule has 0 radical (unpaired) electrons. The molecule has 0 aliphatic carbocycles. The number of fused-ring (bicyclic) bond motifs is 1. The summed E-state index contributed by atoms with van der Waals surface area (Å²) >= 11 is 0. The maximum absolute atomic E-state index is 12.9. The van der Waals surface area contributed by atoms with Crippen molar-refractivity contribution in [1.82, 2.24) is 14.9 Å². The SMILES string of the molecule is CC(C)[S@](=O)N[C@@H](Cc1cccc(N2CC[C@H](O)C2)n1)c1ccccc1-c1noc2ccccc12. The molecule has 2 aromatic heterocycles. The van der Waals surface area contributed by atoms with Crippen LogP contribution in [0, 0.1) is 0 Å². The Morgan fingerprint density at radius 2 is 1.91 bits per heavy atom. The number of rotatable bonds is 8. The number of β-amino-alcohol motifs (C(OH)–C–C–N with tert-alkyl or cyclic N) is 1. The molecule has 2 aromatic carbocycles. The van der Waals surface area contributed by atoms with Gasteiger partial charge in [-0.2, -0.15) is 0 Å². The molecule has 0 bridgehead atoms. The van der Waals surface area contributed by atoms with Gasteiger partial charge in [-0.15, -0.1) is 0 Å². The number of aliphatic hydroxyl groups excluding tert-OH is 1. The summed E-state index contributed by atoms with van der Waals surface area (Å²) in [5.74, 6) is 0.860. The molecule has 7 nitrogen and oxygen atoms in total. The molecular formula is C27H30N4O3S. The number of hydrogen-bond acceptors (Lipinski definition) is 6. The first-order chi connectivity index (χ1) is 17.0. The van der Waals surface area contributed by atoms with Crippen molar-refractivity contribution in [3.63, 3.8) is 0 Å². The molecule has 1 fully saturated rings. The Morgan fingerprint density at radius 1 is 1.11 bits per heavy atom. The number of benzene rings is 2. The van der Waals surface area contributed by atoms with Crippen molar-refractivity contribution in [2.75, 3.05) is 18.0 Å². The van der Waals surface area contributed by atoms with E-state index in [1.807, 2.05) is 74.5 Å². The maximum atomic E-state index is 12.9. The van der Waals surface area contributed by atoms with E-state index in [-0.39, 0.29) is 17.4 Å².